The number of hydrogen-bond donors (Lipinski definition) is 0. The molecule has 1 amide bonds. The molecule has 0 radical (unpaired) electrons. The average Bonchev–Trinajstić information content (AvgIpc) is 3.31. The molecule has 9 nitrogen and oxygen atoms in total. The second kappa shape index (κ2) is 13.2. The molecule has 0 saturated carbocycles. The third-order valence-corrected chi connectivity index (χ3v) is 7.36. The number of hydrogen-bond acceptors (Lipinski definition) is 7. The molecule has 43 heavy (non-hydrogen) atoms. The molecule has 0 aliphatic carbocycles. The van der Waals surface area contributed by atoms with Crippen molar-refractivity contribution >= 4 is 28.7 Å². The van der Waals surface area contributed by atoms with Crippen LogP contribution in [0.2, 0.25) is 5.02 Å². The number of fused-ring (bicyclic) bond motifs is 1. The number of rotatable bonds is 9. The molecule has 1 aliphatic heterocycles. The van der Waals surface area contributed by atoms with Crippen molar-refractivity contribution in [2.75, 3.05) is 39.3 Å². The molecule has 10 heteroatoms. The Kier molecular flexibility index (Phi) is 9.42. The summed E-state index contributed by atoms with van der Waals surface area (Å²) in [5.74, 6) is 1.93. The van der Waals surface area contributed by atoms with E-state index in [0.717, 1.165) is 42.1 Å². The fourth-order valence-corrected chi connectivity index (χ4v) is 5.26. The Bertz CT molecular complexity index is 1540. The topological polar surface area (TPSA) is 82.0 Å². The monoisotopic (exact) mass is 605 g/mol. The van der Waals surface area contributed by atoms with E-state index in [1.54, 1.807) is 11.1 Å². The SMILES string of the molecule is CC(C)Oc1nccc2c1nc(-c1ccc(OCCN3CCN(C(=O)OC(C)(C)C)CC3)cc1Cl)n2Cc1ccccc1. The van der Waals surface area contributed by atoms with E-state index in [1.165, 1.54) is 0 Å². The van der Waals surface area contributed by atoms with Crippen LogP contribution in [0.1, 0.15) is 40.2 Å². The van der Waals surface area contributed by atoms with Gasteiger partial charge in [-0.3, -0.25) is 4.90 Å². The maximum Gasteiger partial charge on any atom is 0.410 e. The molecule has 1 fully saturated rings. The third-order valence-electron chi connectivity index (χ3n) is 7.05. The largest absolute Gasteiger partial charge is 0.492 e. The molecule has 2 aromatic heterocycles. The summed E-state index contributed by atoms with van der Waals surface area (Å²) in [5, 5.41) is 0.548. The molecule has 4 aromatic rings. The lowest BCUT2D eigenvalue weighted by atomic mass is 10.2. The second-order valence-electron chi connectivity index (χ2n) is 12.0. The first-order valence-corrected chi connectivity index (χ1v) is 15.1. The number of ether oxygens (including phenoxy) is 3. The van der Waals surface area contributed by atoms with Crippen LogP contribution in [0.4, 0.5) is 4.79 Å². The molecule has 0 atom stereocenters. The molecular weight excluding hydrogens is 566 g/mol. The van der Waals surface area contributed by atoms with E-state index in [1.807, 2.05) is 77.1 Å². The van der Waals surface area contributed by atoms with Crippen LogP contribution in [-0.4, -0.2) is 81.5 Å². The first kappa shape index (κ1) is 30.6. The van der Waals surface area contributed by atoms with Crippen molar-refractivity contribution in [2.24, 2.45) is 0 Å². The maximum atomic E-state index is 12.3. The van der Waals surface area contributed by atoms with Crippen LogP contribution in [0.3, 0.4) is 0 Å². The molecular formula is C33H40ClN5O4. The van der Waals surface area contributed by atoms with E-state index >= 15 is 0 Å². The van der Waals surface area contributed by atoms with Crippen molar-refractivity contribution in [1.82, 2.24) is 24.3 Å². The van der Waals surface area contributed by atoms with Crippen LogP contribution in [0.5, 0.6) is 11.6 Å². The smallest absolute Gasteiger partial charge is 0.410 e. The number of pyridine rings is 1. The molecule has 0 spiro atoms. The van der Waals surface area contributed by atoms with Crippen LogP contribution in [-0.2, 0) is 11.3 Å². The molecule has 228 valence electrons. The second-order valence-corrected chi connectivity index (χ2v) is 12.4. The van der Waals surface area contributed by atoms with E-state index in [0.29, 0.717) is 48.4 Å². The van der Waals surface area contributed by atoms with E-state index in [9.17, 15) is 4.79 Å². The predicted molar refractivity (Wildman–Crippen MR) is 169 cm³/mol. The van der Waals surface area contributed by atoms with Gasteiger partial charge < -0.3 is 23.7 Å². The summed E-state index contributed by atoms with van der Waals surface area (Å²) in [6.07, 6.45) is 1.47. The Hall–Kier alpha value is -3.82. The third kappa shape index (κ3) is 7.77. The summed E-state index contributed by atoms with van der Waals surface area (Å²) in [6, 6.07) is 17.9. The van der Waals surface area contributed by atoms with Crippen molar-refractivity contribution in [3.05, 3.63) is 71.4 Å². The van der Waals surface area contributed by atoms with Gasteiger partial charge in [0.15, 0.2) is 5.52 Å². The molecule has 0 bridgehead atoms. The number of aromatic nitrogens is 3. The van der Waals surface area contributed by atoms with Gasteiger partial charge in [-0.15, -0.1) is 0 Å². The van der Waals surface area contributed by atoms with Gasteiger partial charge in [-0.2, -0.15) is 0 Å². The quantitative estimate of drug-likeness (QED) is 0.215. The number of imidazole rings is 1. The van der Waals surface area contributed by atoms with Crippen LogP contribution < -0.4 is 9.47 Å². The lowest BCUT2D eigenvalue weighted by Gasteiger charge is -2.35. The van der Waals surface area contributed by atoms with Crippen molar-refractivity contribution in [3.63, 3.8) is 0 Å². The highest BCUT2D eigenvalue weighted by Gasteiger charge is 2.26. The number of amides is 1. The zero-order valence-corrected chi connectivity index (χ0v) is 26.3. The van der Waals surface area contributed by atoms with Gasteiger partial charge in [0.1, 0.15) is 23.8 Å². The Labute approximate surface area is 258 Å². The summed E-state index contributed by atoms with van der Waals surface area (Å²) >= 11 is 6.87. The van der Waals surface area contributed by atoms with Gasteiger partial charge in [0.2, 0.25) is 5.88 Å². The van der Waals surface area contributed by atoms with E-state index in [4.69, 9.17) is 30.8 Å². The summed E-state index contributed by atoms with van der Waals surface area (Å²) in [4.78, 5) is 25.8. The van der Waals surface area contributed by atoms with Crippen molar-refractivity contribution < 1.29 is 19.0 Å². The summed E-state index contributed by atoms with van der Waals surface area (Å²) in [7, 11) is 0. The Balaban J connectivity index is 1.28. The number of nitrogens with zero attached hydrogens (tertiary/aromatic N) is 5. The highest BCUT2D eigenvalue weighted by atomic mass is 35.5. The standard InChI is InChI=1S/C33H40ClN5O4/c1-23(2)42-31-29-28(13-14-35-31)39(22-24-9-7-6-8-10-24)30(36-29)26-12-11-25(21-27(26)34)41-20-19-37-15-17-38(18-16-37)32(40)43-33(3,4)5/h6-14,21,23H,15-20,22H2,1-5H3. The van der Waals surface area contributed by atoms with Crippen molar-refractivity contribution in [2.45, 2.75) is 52.9 Å². The predicted octanol–water partition coefficient (Wildman–Crippen LogP) is 6.52. The van der Waals surface area contributed by atoms with Crippen LogP contribution in [0, 0.1) is 0 Å². The zero-order valence-electron chi connectivity index (χ0n) is 25.5. The number of benzene rings is 2. The first-order valence-electron chi connectivity index (χ1n) is 14.8. The molecule has 0 unspecified atom stereocenters. The molecule has 5 rings (SSSR count). The van der Waals surface area contributed by atoms with Crippen LogP contribution in [0.25, 0.3) is 22.4 Å². The minimum atomic E-state index is -0.490. The Morgan fingerprint density at radius 3 is 2.44 bits per heavy atom. The highest BCUT2D eigenvalue weighted by molar-refractivity contribution is 6.33. The summed E-state index contributed by atoms with van der Waals surface area (Å²) < 4.78 is 19.7. The van der Waals surface area contributed by atoms with Gasteiger partial charge in [-0.25, -0.2) is 14.8 Å². The minimum absolute atomic E-state index is 0.0327. The van der Waals surface area contributed by atoms with Crippen molar-refractivity contribution in [3.8, 4) is 23.0 Å². The van der Waals surface area contributed by atoms with Crippen LogP contribution in [0.15, 0.2) is 60.8 Å². The van der Waals surface area contributed by atoms with Gasteiger partial charge in [0.25, 0.3) is 0 Å². The molecule has 2 aromatic carbocycles. The lowest BCUT2D eigenvalue weighted by molar-refractivity contribution is 0.0137. The van der Waals surface area contributed by atoms with Gasteiger partial charge >= 0.3 is 6.09 Å². The molecule has 1 aliphatic rings. The first-order chi connectivity index (χ1) is 20.6. The van der Waals surface area contributed by atoms with Gasteiger partial charge in [-0.05, 0) is 64.4 Å². The molecule has 1 saturated heterocycles. The van der Waals surface area contributed by atoms with E-state index in [-0.39, 0.29) is 12.2 Å². The fourth-order valence-electron chi connectivity index (χ4n) is 5.01. The normalized spacial score (nSPS) is 14.3. The Morgan fingerprint density at radius 2 is 1.77 bits per heavy atom. The molecule has 0 N–H and O–H groups in total. The van der Waals surface area contributed by atoms with E-state index in [2.05, 4.69) is 26.6 Å². The number of carbonyl (C=O) groups is 1. The molecule has 3 heterocycles. The Morgan fingerprint density at radius 1 is 1.02 bits per heavy atom. The number of piperazine rings is 1. The summed E-state index contributed by atoms with van der Waals surface area (Å²) in [5.41, 5.74) is 3.08. The van der Waals surface area contributed by atoms with Crippen molar-refractivity contribution in [1.29, 1.82) is 0 Å². The number of carbonyl (C=O) groups excluding carboxylic acids is 1. The van der Waals surface area contributed by atoms with Crippen LogP contribution >= 0.6 is 11.6 Å². The fraction of sp³-hybridized carbons (Fsp3) is 0.424. The minimum Gasteiger partial charge on any atom is -0.492 e. The number of halogens is 1. The van der Waals surface area contributed by atoms with Gasteiger partial charge in [0.05, 0.1) is 16.6 Å². The van der Waals surface area contributed by atoms with Gasteiger partial charge in [0, 0.05) is 51.0 Å². The highest BCUT2D eigenvalue weighted by Crippen LogP contribution is 2.35. The van der Waals surface area contributed by atoms with Gasteiger partial charge in [-0.1, -0.05) is 41.9 Å². The lowest BCUT2D eigenvalue weighted by Crippen LogP contribution is -2.50. The van der Waals surface area contributed by atoms with E-state index < -0.39 is 5.60 Å². The summed E-state index contributed by atoms with van der Waals surface area (Å²) in [6.45, 7) is 14.3. The maximum absolute atomic E-state index is 12.3. The zero-order chi connectivity index (χ0) is 30.6. The average molecular weight is 606 g/mol.